The van der Waals surface area contributed by atoms with Gasteiger partial charge in [0, 0.05) is 5.41 Å². The topological polar surface area (TPSA) is 76.1 Å². The summed E-state index contributed by atoms with van der Waals surface area (Å²) in [6.45, 7) is 16.5. The van der Waals surface area contributed by atoms with E-state index < -0.39 is 17.1 Å². The van der Waals surface area contributed by atoms with Crippen molar-refractivity contribution in [1.82, 2.24) is 0 Å². The van der Waals surface area contributed by atoms with E-state index in [1.54, 1.807) is 6.08 Å². The van der Waals surface area contributed by atoms with E-state index in [2.05, 4.69) is 41.2 Å². The van der Waals surface area contributed by atoms with Crippen LogP contribution in [0.15, 0.2) is 23.8 Å². The van der Waals surface area contributed by atoms with E-state index in [4.69, 9.17) is 9.47 Å². The minimum atomic E-state index is -1.11. The van der Waals surface area contributed by atoms with Gasteiger partial charge in [-0.05, 0) is 60.7 Å². The summed E-state index contributed by atoms with van der Waals surface area (Å²) >= 11 is 0. The molecule has 5 heteroatoms. The predicted molar refractivity (Wildman–Crippen MR) is 120 cm³/mol. The Morgan fingerprint density at radius 3 is 2.58 bits per heavy atom. The van der Waals surface area contributed by atoms with E-state index in [1.165, 1.54) is 0 Å². The van der Waals surface area contributed by atoms with Gasteiger partial charge >= 0.3 is 5.97 Å². The lowest BCUT2D eigenvalue weighted by atomic mass is 9.57. The molecule has 0 aromatic heterocycles. The average Bonchev–Trinajstić information content (AvgIpc) is 3.50. The molecule has 4 unspecified atom stereocenters. The zero-order valence-corrected chi connectivity index (χ0v) is 20.1. The van der Waals surface area contributed by atoms with E-state index in [0.717, 1.165) is 37.7 Å². The summed E-state index contributed by atoms with van der Waals surface area (Å²) in [6.07, 6.45) is 5.56. The van der Waals surface area contributed by atoms with E-state index in [-0.39, 0.29) is 36.3 Å². The highest BCUT2D eigenvalue weighted by Crippen LogP contribution is 2.63. The van der Waals surface area contributed by atoms with Crippen molar-refractivity contribution in [2.45, 2.75) is 91.5 Å². The third kappa shape index (κ3) is 4.04. The van der Waals surface area contributed by atoms with Gasteiger partial charge in [-0.2, -0.15) is 0 Å². The van der Waals surface area contributed by atoms with Crippen molar-refractivity contribution in [3.05, 3.63) is 23.8 Å². The molecule has 0 amide bonds. The molecule has 0 aromatic rings. The molecule has 3 rings (SSSR count). The van der Waals surface area contributed by atoms with Crippen molar-refractivity contribution in [3.63, 3.8) is 0 Å². The number of fused-ring (bicyclic) bond motifs is 3. The van der Waals surface area contributed by atoms with Crippen LogP contribution in [0.1, 0.15) is 73.6 Å². The number of esters is 1. The molecule has 1 N–H and O–H groups in total. The van der Waals surface area contributed by atoms with Gasteiger partial charge in [-0.1, -0.05) is 54.5 Å². The number of epoxide rings is 1. The Morgan fingerprint density at radius 1 is 1.29 bits per heavy atom. The van der Waals surface area contributed by atoms with E-state index in [1.807, 2.05) is 6.92 Å². The lowest BCUT2D eigenvalue weighted by molar-refractivity contribution is -0.155. The van der Waals surface area contributed by atoms with Gasteiger partial charge < -0.3 is 14.6 Å². The van der Waals surface area contributed by atoms with E-state index in [0.29, 0.717) is 17.4 Å². The van der Waals surface area contributed by atoms with Gasteiger partial charge in [0.25, 0.3) is 0 Å². The van der Waals surface area contributed by atoms with Gasteiger partial charge in [0.15, 0.2) is 11.4 Å². The lowest BCUT2D eigenvalue weighted by Gasteiger charge is -2.47. The number of ketones is 1. The van der Waals surface area contributed by atoms with Gasteiger partial charge in [0.1, 0.15) is 12.2 Å². The molecule has 3 aliphatic rings. The molecule has 8 atom stereocenters. The predicted octanol–water partition coefficient (Wildman–Crippen LogP) is 4.63. The first-order valence-electron chi connectivity index (χ1n) is 12.0. The molecule has 1 heterocycles. The van der Waals surface area contributed by atoms with Crippen molar-refractivity contribution < 1.29 is 24.2 Å². The Kier molecular flexibility index (Phi) is 6.88. The Bertz CT molecular complexity index is 770. The Morgan fingerprint density at radius 2 is 1.97 bits per heavy atom. The van der Waals surface area contributed by atoms with E-state index in [9.17, 15) is 14.7 Å². The molecule has 0 aromatic carbocycles. The first-order chi connectivity index (χ1) is 14.5. The number of hydrogen-bond acceptors (Lipinski definition) is 5. The molecule has 0 spiro atoms. The molecule has 31 heavy (non-hydrogen) atoms. The number of carbonyl (C=O) groups excluding carboxylic acids is 2. The van der Waals surface area contributed by atoms with Crippen LogP contribution in [-0.2, 0) is 19.1 Å². The highest BCUT2D eigenvalue weighted by atomic mass is 16.6. The molecule has 2 fully saturated rings. The van der Waals surface area contributed by atoms with E-state index >= 15 is 0 Å². The van der Waals surface area contributed by atoms with Crippen molar-refractivity contribution in [2.75, 3.05) is 6.61 Å². The summed E-state index contributed by atoms with van der Waals surface area (Å²) in [5.41, 5.74) is -0.240. The minimum Gasteiger partial charge on any atom is -0.458 e. The van der Waals surface area contributed by atoms with Crippen LogP contribution < -0.4 is 0 Å². The second kappa shape index (κ2) is 8.82. The lowest BCUT2D eigenvalue weighted by Crippen LogP contribution is -2.51. The average molecular weight is 433 g/mol. The maximum absolute atomic E-state index is 13.0. The highest BCUT2D eigenvalue weighted by Gasteiger charge is 2.74. The fourth-order valence-electron chi connectivity index (χ4n) is 5.87. The van der Waals surface area contributed by atoms with Crippen LogP contribution in [0, 0.1) is 29.1 Å². The molecular weight excluding hydrogens is 392 g/mol. The summed E-state index contributed by atoms with van der Waals surface area (Å²) in [5, 5.41) is 9.60. The number of carbonyl (C=O) groups is 2. The maximum Gasteiger partial charge on any atom is 0.309 e. The van der Waals surface area contributed by atoms with Crippen molar-refractivity contribution in [1.29, 1.82) is 0 Å². The van der Waals surface area contributed by atoms with Crippen LogP contribution in [-0.4, -0.2) is 41.3 Å². The van der Waals surface area contributed by atoms with Crippen LogP contribution in [0.4, 0.5) is 0 Å². The molecule has 0 bridgehead atoms. The molecule has 1 saturated carbocycles. The monoisotopic (exact) mass is 432 g/mol. The second-order valence-electron chi connectivity index (χ2n) is 10.6. The van der Waals surface area contributed by atoms with Crippen LogP contribution in [0.2, 0.25) is 0 Å². The van der Waals surface area contributed by atoms with Crippen LogP contribution in [0.3, 0.4) is 0 Å². The van der Waals surface area contributed by atoms with Gasteiger partial charge in [-0.3, -0.25) is 9.59 Å². The minimum absolute atomic E-state index is 0.171. The Balaban J connectivity index is 1.74. The zero-order chi connectivity index (χ0) is 23.1. The summed E-state index contributed by atoms with van der Waals surface area (Å²) in [6, 6.07) is 0. The summed E-state index contributed by atoms with van der Waals surface area (Å²) < 4.78 is 12.0. The SMILES string of the molecule is C=C(CO)[C@@]12OC1[C@@]1(C)C(=CC2=O)[C@H](OC(=O)C(C)CC(C)CC(C)CC)CC[C@@H]1C. The summed E-state index contributed by atoms with van der Waals surface area (Å²) in [4.78, 5) is 25.9. The molecule has 5 nitrogen and oxygen atoms in total. The Hall–Kier alpha value is -1.46. The van der Waals surface area contributed by atoms with Crippen LogP contribution in [0.25, 0.3) is 0 Å². The third-order valence-electron chi connectivity index (χ3n) is 8.30. The molecule has 0 radical (unpaired) electrons. The standard InChI is InChI=1S/C26H40O5/c1-8-15(2)11-16(3)12-17(4)23(29)30-21-10-9-18(5)25(7)20(21)13-22(28)26(19(6)14-27)24(25)31-26/h13,15-18,21,24,27H,6,8-12,14H2,1-5,7H3/t15?,16?,17?,18-,21+,24?,25+,26-/m0/s1. The molecule has 174 valence electrons. The third-order valence-corrected chi connectivity index (χ3v) is 8.30. The van der Waals surface area contributed by atoms with Crippen molar-refractivity contribution in [3.8, 4) is 0 Å². The van der Waals surface area contributed by atoms with Gasteiger partial charge in [0.05, 0.1) is 12.5 Å². The number of rotatable bonds is 9. The van der Waals surface area contributed by atoms with Gasteiger partial charge in [-0.25, -0.2) is 0 Å². The smallest absolute Gasteiger partial charge is 0.309 e. The quantitative estimate of drug-likeness (QED) is 0.327. The van der Waals surface area contributed by atoms with Crippen LogP contribution in [0.5, 0.6) is 0 Å². The van der Waals surface area contributed by atoms with Gasteiger partial charge in [0.2, 0.25) is 0 Å². The van der Waals surface area contributed by atoms with Crippen molar-refractivity contribution >= 4 is 11.8 Å². The van der Waals surface area contributed by atoms with Gasteiger partial charge in [-0.15, -0.1) is 0 Å². The number of aliphatic hydroxyl groups excluding tert-OH is 1. The Labute approximate surface area is 187 Å². The fourth-order valence-corrected chi connectivity index (χ4v) is 5.87. The molecular formula is C26H40O5. The first kappa shape index (κ1) is 24.2. The first-order valence-corrected chi connectivity index (χ1v) is 12.0. The molecule has 1 saturated heterocycles. The maximum atomic E-state index is 13.0. The number of aliphatic hydroxyl groups is 1. The second-order valence-corrected chi connectivity index (χ2v) is 10.6. The van der Waals surface area contributed by atoms with Crippen molar-refractivity contribution in [2.24, 2.45) is 29.1 Å². The summed E-state index contributed by atoms with van der Waals surface area (Å²) in [5.74, 6) is 0.858. The molecule has 2 aliphatic carbocycles. The summed E-state index contributed by atoms with van der Waals surface area (Å²) in [7, 11) is 0. The number of ether oxygens (including phenoxy) is 2. The highest BCUT2D eigenvalue weighted by molar-refractivity contribution is 6.05. The normalized spacial score (nSPS) is 37.1. The molecule has 1 aliphatic heterocycles. The zero-order valence-electron chi connectivity index (χ0n) is 20.1. The fraction of sp³-hybridized carbons (Fsp3) is 0.769. The van der Waals surface area contributed by atoms with Crippen LogP contribution >= 0.6 is 0 Å². The largest absolute Gasteiger partial charge is 0.458 e. The number of hydrogen-bond donors (Lipinski definition) is 1.